The van der Waals surface area contributed by atoms with Gasteiger partial charge in [0, 0.05) is 6.54 Å². The molecule has 0 spiro atoms. The van der Waals surface area contributed by atoms with Gasteiger partial charge >= 0.3 is 0 Å². The summed E-state index contributed by atoms with van der Waals surface area (Å²) in [6.45, 7) is 5.28. The fourth-order valence-electron chi connectivity index (χ4n) is 1.15. The minimum Gasteiger partial charge on any atom is -0.383 e. The van der Waals surface area contributed by atoms with Crippen LogP contribution in [0.1, 0.15) is 20.3 Å². The first kappa shape index (κ1) is 11.7. The van der Waals surface area contributed by atoms with Gasteiger partial charge in [0.15, 0.2) is 0 Å². The van der Waals surface area contributed by atoms with E-state index >= 15 is 0 Å². The highest BCUT2D eigenvalue weighted by Crippen LogP contribution is 2.29. The molecule has 0 heterocycles. The Morgan fingerprint density at radius 3 is 2.29 bits per heavy atom. The van der Waals surface area contributed by atoms with E-state index < -0.39 is 0 Å². The molecule has 0 aliphatic rings. The lowest BCUT2D eigenvalue weighted by atomic mass is 10.1. The van der Waals surface area contributed by atoms with Crippen molar-refractivity contribution >= 4 is 28.9 Å². The molecular formula is C11H15Cl2N. The summed E-state index contributed by atoms with van der Waals surface area (Å²) in [5.41, 5.74) is 0.844. The number of anilines is 1. The molecule has 1 aromatic carbocycles. The molecule has 14 heavy (non-hydrogen) atoms. The van der Waals surface area contributed by atoms with Crippen LogP contribution in [0.25, 0.3) is 0 Å². The molecule has 0 aliphatic carbocycles. The second kappa shape index (κ2) is 5.47. The van der Waals surface area contributed by atoms with E-state index in [1.807, 2.05) is 18.2 Å². The Kier molecular flexibility index (Phi) is 4.56. The van der Waals surface area contributed by atoms with Crippen LogP contribution < -0.4 is 5.32 Å². The summed E-state index contributed by atoms with van der Waals surface area (Å²) in [5.74, 6) is 0.684. The van der Waals surface area contributed by atoms with Gasteiger partial charge in [-0.25, -0.2) is 0 Å². The molecule has 0 saturated carbocycles. The number of halogens is 2. The molecular weight excluding hydrogens is 217 g/mol. The van der Waals surface area contributed by atoms with Crippen molar-refractivity contribution in [3.63, 3.8) is 0 Å². The Hall–Kier alpha value is -0.400. The molecule has 3 heteroatoms. The molecule has 1 aromatic rings. The molecule has 1 rings (SSSR count). The maximum atomic E-state index is 6.00. The van der Waals surface area contributed by atoms with E-state index in [1.165, 1.54) is 0 Å². The highest BCUT2D eigenvalue weighted by Gasteiger charge is 2.04. The quantitative estimate of drug-likeness (QED) is 0.808. The summed E-state index contributed by atoms with van der Waals surface area (Å²) >= 11 is 12.0. The molecule has 0 radical (unpaired) electrons. The summed E-state index contributed by atoms with van der Waals surface area (Å²) < 4.78 is 0. The van der Waals surface area contributed by atoms with E-state index in [1.54, 1.807) is 0 Å². The van der Waals surface area contributed by atoms with E-state index in [4.69, 9.17) is 23.2 Å². The topological polar surface area (TPSA) is 12.0 Å². The predicted molar refractivity (Wildman–Crippen MR) is 64.4 cm³/mol. The fraction of sp³-hybridized carbons (Fsp3) is 0.455. The molecule has 0 aliphatic heterocycles. The zero-order valence-corrected chi connectivity index (χ0v) is 9.99. The molecule has 1 N–H and O–H groups in total. The first-order valence-corrected chi connectivity index (χ1v) is 5.54. The molecule has 0 fully saturated rings. The van der Waals surface area contributed by atoms with Crippen LogP contribution in [-0.2, 0) is 0 Å². The Bertz CT molecular complexity index is 277. The van der Waals surface area contributed by atoms with E-state index in [2.05, 4.69) is 19.2 Å². The first-order valence-electron chi connectivity index (χ1n) is 4.79. The summed E-state index contributed by atoms with van der Waals surface area (Å²) in [6.07, 6.45) is 1.11. The standard InChI is InChI=1S/C11H15Cl2N/c1-8(2)6-7-14-11-9(12)4-3-5-10(11)13/h3-5,8,14H,6-7H2,1-2H3. The van der Waals surface area contributed by atoms with Crippen molar-refractivity contribution < 1.29 is 0 Å². The van der Waals surface area contributed by atoms with Crippen LogP contribution >= 0.6 is 23.2 Å². The van der Waals surface area contributed by atoms with Crippen LogP contribution in [-0.4, -0.2) is 6.54 Å². The summed E-state index contributed by atoms with van der Waals surface area (Å²) in [5, 5.41) is 4.61. The van der Waals surface area contributed by atoms with Crippen molar-refractivity contribution in [3.05, 3.63) is 28.2 Å². The average Bonchev–Trinajstić information content (AvgIpc) is 2.09. The van der Waals surface area contributed by atoms with E-state index in [0.29, 0.717) is 16.0 Å². The van der Waals surface area contributed by atoms with Crippen LogP contribution in [0.15, 0.2) is 18.2 Å². The number of para-hydroxylation sites is 1. The Balaban J connectivity index is 2.58. The Labute approximate surface area is 95.4 Å². The molecule has 0 atom stereocenters. The van der Waals surface area contributed by atoms with Gasteiger partial charge in [-0.05, 0) is 24.5 Å². The van der Waals surface area contributed by atoms with Crippen molar-refractivity contribution in [2.24, 2.45) is 5.92 Å². The minimum absolute atomic E-state index is 0.682. The maximum Gasteiger partial charge on any atom is 0.0718 e. The molecule has 0 aromatic heterocycles. The number of nitrogens with one attached hydrogen (secondary N) is 1. The minimum atomic E-state index is 0.682. The van der Waals surface area contributed by atoms with Gasteiger partial charge in [-0.15, -0.1) is 0 Å². The highest BCUT2D eigenvalue weighted by molar-refractivity contribution is 6.39. The zero-order valence-electron chi connectivity index (χ0n) is 8.48. The Morgan fingerprint density at radius 1 is 1.21 bits per heavy atom. The van der Waals surface area contributed by atoms with E-state index in [-0.39, 0.29) is 0 Å². The van der Waals surface area contributed by atoms with Gasteiger partial charge in [-0.1, -0.05) is 43.1 Å². The number of hydrogen-bond acceptors (Lipinski definition) is 1. The maximum absolute atomic E-state index is 6.00. The van der Waals surface area contributed by atoms with Crippen molar-refractivity contribution in [1.29, 1.82) is 0 Å². The summed E-state index contributed by atoms with van der Waals surface area (Å²) in [4.78, 5) is 0. The van der Waals surface area contributed by atoms with Gasteiger partial charge < -0.3 is 5.32 Å². The molecule has 0 unspecified atom stereocenters. The lowest BCUT2D eigenvalue weighted by Gasteiger charge is -2.11. The van der Waals surface area contributed by atoms with Gasteiger partial charge in [0.1, 0.15) is 0 Å². The fourth-order valence-corrected chi connectivity index (χ4v) is 1.68. The molecule has 0 amide bonds. The average molecular weight is 232 g/mol. The van der Waals surface area contributed by atoms with Gasteiger partial charge in [0.25, 0.3) is 0 Å². The van der Waals surface area contributed by atoms with Crippen LogP contribution in [0.2, 0.25) is 10.0 Å². The largest absolute Gasteiger partial charge is 0.383 e. The molecule has 0 saturated heterocycles. The van der Waals surface area contributed by atoms with Gasteiger partial charge in [-0.2, -0.15) is 0 Å². The summed E-state index contributed by atoms with van der Waals surface area (Å²) in [6, 6.07) is 5.52. The number of benzene rings is 1. The lowest BCUT2D eigenvalue weighted by Crippen LogP contribution is -2.05. The SMILES string of the molecule is CC(C)CCNc1c(Cl)cccc1Cl. The van der Waals surface area contributed by atoms with Crippen LogP contribution in [0.3, 0.4) is 0 Å². The van der Waals surface area contributed by atoms with Crippen molar-refractivity contribution in [3.8, 4) is 0 Å². The van der Waals surface area contributed by atoms with Crippen LogP contribution in [0.4, 0.5) is 5.69 Å². The highest BCUT2D eigenvalue weighted by atomic mass is 35.5. The molecule has 1 nitrogen and oxygen atoms in total. The van der Waals surface area contributed by atoms with Crippen molar-refractivity contribution in [1.82, 2.24) is 0 Å². The lowest BCUT2D eigenvalue weighted by molar-refractivity contribution is 0.607. The van der Waals surface area contributed by atoms with Gasteiger partial charge in [0.2, 0.25) is 0 Å². The van der Waals surface area contributed by atoms with Crippen LogP contribution in [0, 0.1) is 5.92 Å². The second-order valence-corrected chi connectivity index (χ2v) is 4.52. The molecule has 78 valence electrons. The normalized spacial score (nSPS) is 10.6. The third kappa shape index (κ3) is 3.39. The smallest absolute Gasteiger partial charge is 0.0718 e. The second-order valence-electron chi connectivity index (χ2n) is 3.71. The Morgan fingerprint density at radius 2 is 1.79 bits per heavy atom. The third-order valence-corrected chi connectivity index (χ3v) is 2.62. The predicted octanol–water partition coefficient (Wildman–Crippen LogP) is 4.45. The monoisotopic (exact) mass is 231 g/mol. The van der Waals surface area contributed by atoms with Crippen molar-refractivity contribution in [2.45, 2.75) is 20.3 Å². The zero-order chi connectivity index (χ0) is 10.6. The summed E-state index contributed by atoms with van der Waals surface area (Å²) in [7, 11) is 0. The van der Waals surface area contributed by atoms with Gasteiger partial charge in [0.05, 0.1) is 15.7 Å². The van der Waals surface area contributed by atoms with Crippen LogP contribution in [0.5, 0.6) is 0 Å². The van der Waals surface area contributed by atoms with Gasteiger partial charge in [-0.3, -0.25) is 0 Å². The number of rotatable bonds is 4. The van der Waals surface area contributed by atoms with Crippen molar-refractivity contribution in [2.75, 3.05) is 11.9 Å². The molecule has 0 bridgehead atoms. The van der Waals surface area contributed by atoms with E-state index in [9.17, 15) is 0 Å². The van der Waals surface area contributed by atoms with E-state index in [0.717, 1.165) is 18.7 Å². The first-order chi connectivity index (χ1) is 6.61. The number of hydrogen-bond donors (Lipinski definition) is 1. The third-order valence-electron chi connectivity index (χ3n) is 1.99.